The van der Waals surface area contributed by atoms with Crippen LogP contribution in [-0.4, -0.2) is 12.8 Å². The average molecular weight is 371 g/mol. The van der Waals surface area contributed by atoms with Crippen LogP contribution in [0.5, 0.6) is 5.75 Å². The van der Waals surface area contributed by atoms with Crippen molar-refractivity contribution in [3.8, 4) is 5.75 Å². The molecule has 0 saturated carbocycles. The van der Waals surface area contributed by atoms with Crippen LogP contribution in [0, 0.1) is 0 Å². The number of aryl methyl sites for hydroxylation is 1. The van der Waals surface area contributed by atoms with E-state index in [0.717, 1.165) is 11.1 Å². The first kappa shape index (κ1) is 20.5. The third-order valence-corrected chi connectivity index (χ3v) is 4.05. The van der Waals surface area contributed by atoms with E-state index < -0.39 is 7.75 Å². The highest BCUT2D eigenvalue weighted by Gasteiger charge is 2.16. The molecule has 0 saturated heterocycles. The normalized spacial score (nSPS) is 11.5. The Morgan fingerprint density at radius 2 is 2.12 bits per heavy atom. The predicted molar refractivity (Wildman–Crippen MR) is 93.4 cm³/mol. The molecule has 0 aromatic heterocycles. The molecule has 0 amide bonds. The van der Waals surface area contributed by atoms with Crippen molar-refractivity contribution in [2.24, 2.45) is 5.10 Å². The molecule has 1 aromatic carbocycles. The van der Waals surface area contributed by atoms with Crippen LogP contribution in [-0.2, 0) is 17.4 Å². The first-order chi connectivity index (χ1) is 11.2. The second-order valence-corrected chi connectivity index (χ2v) is 6.53. The second-order valence-electron chi connectivity index (χ2n) is 4.96. The van der Waals surface area contributed by atoms with Gasteiger partial charge in [0, 0.05) is 18.9 Å². The smallest absolute Gasteiger partial charge is 0.133 e. The van der Waals surface area contributed by atoms with Gasteiger partial charge < -0.3 is 19.1 Å². The fourth-order valence-electron chi connectivity index (χ4n) is 2.02. The highest BCUT2D eigenvalue weighted by atomic mass is 35.5. The van der Waals surface area contributed by atoms with E-state index in [0.29, 0.717) is 34.8 Å². The summed E-state index contributed by atoms with van der Waals surface area (Å²) in [6.07, 6.45) is 4.09. The molecule has 1 aromatic rings. The highest BCUT2D eigenvalue weighted by Crippen LogP contribution is 2.34. The van der Waals surface area contributed by atoms with Gasteiger partial charge in [0.15, 0.2) is 0 Å². The molecule has 0 aliphatic carbocycles. The van der Waals surface area contributed by atoms with Crippen LogP contribution in [0.15, 0.2) is 36.0 Å². The number of hydrogen-bond donors (Lipinski definition) is 1. The van der Waals surface area contributed by atoms with Crippen LogP contribution in [0.2, 0.25) is 5.02 Å². The van der Waals surface area contributed by atoms with Crippen molar-refractivity contribution in [3.05, 3.63) is 52.6 Å². The molecule has 0 spiro atoms. The zero-order chi connectivity index (χ0) is 18.3. The molecule has 0 bridgehead atoms. The molecule has 132 valence electrons. The number of hydrogen-bond acceptors (Lipinski definition) is 5. The van der Waals surface area contributed by atoms with Crippen molar-refractivity contribution in [2.75, 3.05) is 6.61 Å². The van der Waals surface area contributed by atoms with E-state index >= 15 is 0 Å². The highest BCUT2D eigenvalue weighted by molar-refractivity contribution is 7.46. The van der Waals surface area contributed by atoms with Gasteiger partial charge in [0.05, 0.1) is 11.2 Å². The molecule has 0 fully saturated rings. The average Bonchev–Trinajstić information content (AvgIpc) is 2.52. The predicted octanol–water partition coefficient (Wildman–Crippen LogP) is 2.34. The SMILES string of the molecule is C=CC(=C)COc1c(C=NNP(=O)([O-])[O-])cc(CC)c(Cl)c1CC. The summed E-state index contributed by atoms with van der Waals surface area (Å²) in [6.45, 7) is 11.5. The van der Waals surface area contributed by atoms with Crippen molar-refractivity contribution in [3.63, 3.8) is 0 Å². The van der Waals surface area contributed by atoms with Gasteiger partial charge in [0.2, 0.25) is 0 Å². The molecule has 0 atom stereocenters. The third kappa shape index (κ3) is 5.80. The van der Waals surface area contributed by atoms with Crippen LogP contribution in [0.4, 0.5) is 0 Å². The minimum absolute atomic E-state index is 0.203. The lowest BCUT2D eigenvalue weighted by Crippen LogP contribution is -2.24. The molecule has 0 unspecified atom stereocenters. The monoisotopic (exact) mass is 370 g/mol. The minimum atomic E-state index is -4.94. The zero-order valence-electron chi connectivity index (χ0n) is 13.7. The zero-order valence-corrected chi connectivity index (χ0v) is 15.3. The number of benzene rings is 1. The summed E-state index contributed by atoms with van der Waals surface area (Å²) >= 11 is 6.41. The Bertz CT molecular complexity index is 698. The standard InChI is InChI=1S/C16H22ClN2O4P/c1-5-11(4)10-23-16-13(9-18-19-24(20,21)22)8-12(6-2)15(17)14(16)7-3/h5,8-9H,1,4,6-7,10H2,2-3H3,(H3,19,20,21,22)/p-2. The number of halogens is 1. The lowest BCUT2D eigenvalue weighted by atomic mass is 10.0. The number of nitrogens with zero attached hydrogens (tertiary/aromatic N) is 1. The van der Waals surface area contributed by atoms with Crippen LogP contribution in [0.25, 0.3) is 0 Å². The van der Waals surface area contributed by atoms with Crippen molar-refractivity contribution < 1.29 is 19.1 Å². The van der Waals surface area contributed by atoms with Gasteiger partial charge >= 0.3 is 0 Å². The van der Waals surface area contributed by atoms with Crippen LogP contribution >= 0.6 is 19.3 Å². The molecule has 0 aliphatic heterocycles. The van der Waals surface area contributed by atoms with Gasteiger partial charge in [-0.3, -0.25) is 5.20 Å². The number of ether oxygens (including phenoxy) is 1. The van der Waals surface area contributed by atoms with Crippen molar-refractivity contribution >= 4 is 25.6 Å². The lowest BCUT2D eigenvalue weighted by Gasteiger charge is -2.27. The lowest BCUT2D eigenvalue weighted by molar-refractivity contribution is -0.317. The first-order valence-electron chi connectivity index (χ1n) is 7.33. The molecule has 6 nitrogen and oxygen atoms in total. The van der Waals surface area contributed by atoms with E-state index in [1.54, 1.807) is 17.3 Å². The molecule has 1 rings (SSSR count). The fraction of sp³-hybridized carbons (Fsp3) is 0.312. The quantitative estimate of drug-likeness (QED) is 0.311. The van der Waals surface area contributed by atoms with E-state index in [-0.39, 0.29) is 6.61 Å². The summed E-state index contributed by atoms with van der Waals surface area (Å²) in [5, 5.41) is 5.63. The number of rotatable bonds is 9. The Labute approximate surface area is 147 Å². The molecular formula is C16H20ClN2O4P-2. The third-order valence-electron chi connectivity index (χ3n) is 3.22. The first-order valence-corrected chi connectivity index (χ1v) is 9.25. The Morgan fingerprint density at radius 1 is 1.46 bits per heavy atom. The Morgan fingerprint density at radius 3 is 2.62 bits per heavy atom. The fourth-order valence-corrected chi connectivity index (χ4v) is 2.62. The van der Waals surface area contributed by atoms with E-state index in [2.05, 4.69) is 18.3 Å². The molecule has 0 heterocycles. The molecule has 1 N–H and O–H groups in total. The van der Waals surface area contributed by atoms with Gasteiger partial charge in [-0.05, 0) is 30.0 Å². The van der Waals surface area contributed by atoms with E-state index in [1.165, 1.54) is 6.21 Å². The van der Waals surface area contributed by atoms with Crippen LogP contribution < -0.4 is 19.7 Å². The summed E-state index contributed by atoms with van der Waals surface area (Å²) in [5.74, 6) is 0.472. The van der Waals surface area contributed by atoms with Gasteiger partial charge in [-0.1, -0.05) is 44.7 Å². The van der Waals surface area contributed by atoms with Crippen LogP contribution in [0.3, 0.4) is 0 Å². The van der Waals surface area contributed by atoms with Crippen molar-refractivity contribution in [2.45, 2.75) is 26.7 Å². The summed E-state index contributed by atoms with van der Waals surface area (Å²) in [7, 11) is -4.94. The maximum Gasteiger partial charge on any atom is 0.133 e. The van der Waals surface area contributed by atoms with Crippen LogP contribution in [0.1, 0.15) is 30.5 Å². The van der Waals surface area contributed by atoms with Gasteiger partial charge in [-0.2, -0.15) is 5.10 Å². The van der Waals surface area contributed by atoms with E-state index in [4.69, 9.17) is 16.3 Å². The molecule has 8 heteroatoms. The minimum Gasteiger partial charge on any atom is -0.794 e. The maximum atomic E-state index is 10.6. The Balaban J connectivity index is 3.32. The van der Waals surface area contributed by atoms with E-state index in [9.17, 15) is 14.4 Å². The molecule has 0 radical (unpaired) electrons. The van der Waals surface area contributed by atoms with Crippen molar-refractivity contribution in [1.82, 2.24) is 5.20 Å². The van der Waals surface area contributed by atoms with E-state index in [1.807, 2.05) is 13.8 Å². The molecule has 0 aliphatic rings. The van der Waals surface area contributed by atoms with Crippen molar-refractivity contribution in [1.29, 1.82) is 0 Å². The summed E-state index contributed by atoms with van der Waals surface area (Å²) in [5.41, 5.74) is 2.85. The molecular weight excluding hydrogens is 351 g/mol. The summed E-state index contributed by atoms with van der Waals surface area (Å²) < 4.78 is 16.4. The van der Waals surface area contributed by atoms with Gasteiger partial charge in [0.25, 0.3) is 0 Å². The summed E-state index contributed by atoms with van der Waals surface area (Å²) in [4.78, 5) is 21.3. The molecule has 24 heavy (non-hydrogen) atoms. The number of hydrazone groups is 1. The Hall–Kier alpha value is -1.59. The van der Waals surface area contributed by atoms with Gasteiger partial charge in [0.1, 0.15) is 12.4 Å². The second kappa shape index (κ2) is 9.04. The Kier molecular flexibility index (Phi) is 7.70. The van der Waals surface area contributed by atoms with Gasteiger partial charge in [-0.25, -0.2) is 0 Å². The number of nitrogens with one attached hydrogen (secondary N) is 1. The van der Waals surface area contributed by atoms with Gasteiger partial charge in [-0.15, -0.1) is 0 Å². The maximum absolute atomic E-state index is 10.6. The topological polar surface area (TPSA) is 96.8 Å². The summed E-state index contributed by atoms with van der Waals surface area (Å²) in [6, 6.07) is 1.75. The largest absolute Gasteiger partial charge is 0.794 e.